The number of hydrogen-bond acceptors (Lipinski definition) is 4. The average molecular weight is 275 g/mol. The minimum absolute atomic E-state index is 0.153. The normalized spacial score (nSPS) is 10.2. The molecular formula is C13H13N3O4. The van der Waals surface area contributed by atoms with Gasteiger partial charge in [-0.05, 0) is 24.3 Å². The molecule has 1 aromatic carbocycles. The fraction of sp³-hybridized carbons (Fsp3) is 0.154. The lowest BCUT2D eigenvalue weighted by molar-refractivity contribution is -0.116. The predicted molar refractivity (Wildman–Crippen MR) is 70.5 cm³/mol. The molecule has 0 saturated heterocycles. The number of benzene rings is 1. The molecule has 0 unspecified atom stereocenters. The number of carboxylic acid groups (broad SMARTS) is 1. The highest BCUT2D eigenvalue weighted by Crippen LogP contribution is 2.21. The minimum Gasteiger partial charge on any atom is -0.508 e. The molecule has 0 fully saturated rings. The molecule has 2 rings (SSSR count). The van der Waals surface area contributed by atoms with Crippen LogP contribution in [0.5, 0.6) is 5.75 Å². The largest absolute Gasteiger partial charge is 0.508 e. The first-order valence-corrected chi connectivity index (χ1v) is 5.90. The number of nitrogens with one attached hydrogen (secondary N) is 1. The zero-order chi connectivity index (χ0) is 14.5. The second-order valence-electron chi connectivity index (χ2n) is 4.10. The van der Waals surface area contributed by atoms with E-state index in [1.54, 1.807) is 23.1 Å². The Balaban J connectivity index is 2.02. The second kappa shape index (κ2) is 5.87. The summed E-state index contributed by atoms with van der Waals surface area (Å²) >= 11 is 0. The number of aryl methyl sites for hydroxylation is 1. The molecule has 0 saturated carbocycles. The number of rotatable bonds is 5. The quantitative estimate of drug-likeness (QED) is 0.714. The fourth-order valence-electron chi connectivity index (χ4n) is 1.68. The van der Waals surface area contributed by atoms with Crippen molar-refractivity contribution in [1.29, 1.82) is 0 Å². The monoisotopic (exact) mass is 275 g/mol. The van der Waals surface area contributed by atoms with Crippen molar-refractivity contribution >= 4 is 17.6 Å². The Hall–Kier alpha value is -2.83. The van der Waals surface area contributed by atoms with Crippen LogP contribution in [0, 0.1) is 0 Å². The van der Waals surface area contributed by atoms with Crippen LogP contribution in [0.15, 0.2) is 36.7 Å². The van der Waals surface area contributed by atoms with Crippen molar-refractivity contribution in [1.82, 2.24) is 9.78 Å². The summed E-state index contributed by atoms with van der Waals surface area (Å²) in [6.45, 7) is 0.402. The van der Waals surface area contributed by atoms with E-state index in [1.165, 1.54) is 12.1 Å². The molecule has 1 heterocycles. The van der Waals surface area contributed by atoms with Crippen molar-refractivity contribution in [2.75, 3.05) is 5.32 Å². The van der Waals surface area contributed by atoms with Crippen LogP contribution in [0.2, 0.25) is 0 Å². The lowest BCUT2D eigenvalue weighted by Gasteiger charge is -2.09. The van der Waals surface area contributed by atoms with Gasteiger partial charge in [0.15, 0.2) is 0 Å². The molecule has 7 heteroatoms. The third-order valence-corrected chi connectivity index (χ3v) is 2.63. The third kappa shape index (κ3) is 3.35. The Morgan fingerprint density at radius 3 is 2.80 bits per heavy atom. The molecule has 0 aliphatic rings. The van der Waals surface area contributed by atoms with Crippen LogP contribution in [0.4, 0.5) is 5.69 Å². The molecule has 0 aliphatic heterocycles. The summed E-state index contributed by atoms with van der Waals surface area (Å²) in [4.78, 5) is 22.8. The van der Waals surface area contributed by atoms with Crippen molar-refractivity contribution in [3.05, 3.63) is 42.2 Å². The lowest BCUT2D eigenvalue weighted by Crippen LogP contribution is -2.16. The van der Waals surface area contributed by atoms with Crippen LogP contribution in [0.25, 0.3) is 0 Å². The number of aromatic hydroxyl groups is 1. The number of phenolic OH excluding ortho intramolecular Hbond substituents is 1. The maximum absolute atomic E-state index is 11.8. The number of aromatic carboxylic acids is 1. The molecule has 0 aliphatic carbocycles. The minimum atomic E-state index is -1.22. The first kappa shape index (κ1) is 13.6. The van der Waals surface area contributed by atoms with Gasteiger partial charge in [-0.3, -0.25) is 9.48 Å². The molecule has 1 aromatic heterocycles. The van der Waals surface area contributed by atoms with Gasteiger partial charge in [0.25, 0.3) is 0 Å². The number of anilines is 1. The molecule has 0 bridgehead atoms. The van der Waals surface area contributed by atoms with Crippen molar-refractivity contribution in [3.8, 4) is 5.75 Å². The standard InChI is InChI=1S/C13H13N3O4/c17-9-2-3-11(10(8-9)13(19)20)15-12(18)4-7-16-6-1-5-14-16/h1-3,5-6,8,17H,4,7H2,(H,15,18)(H,19,20). The highest BCUT2D eigenvalue weighted by Gasteiger charge is 2.13. The molecule has 104 valence electrons. The van der Waals surface area contributed by atoms with Crippen molar-refractivity contribution in [3.63, 3.8) is 0 Å². The van der Waals surface area contributed by atoms with Gasteiger partial charge in [0.1, 0.15) is 5.75 Å². The van der Waals surface area contributed by atoms with Crippen LogP contribution in [-0.4, -0.2) is 31.9 Å². The molecule has 7 nitrogen and oxygen atoms in total. The van der Waals surface area contributed by atoms with Crippen LogP contribution in [0.3, 0.4) is 0 Å². The highest BCUT2D eigenvalue weighted by atomic mass is 16.4. The summed E-state index contributed by atoms with van der Waals surface area (Å²) in [5.41, 5.74) is -0.00166. The van der Waals surface area contributed by atoms with Gasteiger partial charge in [-0.1, -0.05) is 0 Å². The topological polar surface area (TPSA) is 104 Å². The lowest BCUT2D eigenvalue weighted by atomic mass is 10.1. The van der Waals surface area contributed by atoms with Gasteiger partial charge in [-0.2, -0.15) is 5.10 Å². The van der Waals surface area contributed by atoms with Gasteiger partial charge in [0.05, 0.1) is 11.3 Å². The first-order chi connectivity index (χ1) is 9.56. The Kier molecular flexibility index (Phi) is 3.99. The third-order valence-electron chi connectivity index (χ3n) is 2.63. The van der Waals surface area contributed by atoms with E-state index in [0.29, 0.717) is 6.54 Å². The molecule has 20 heavy (non-hydrogen) atoms. The Morgan fingerprint density at radius 1 is 1.35 bits per heavy atom. The summed E-state index contributed by atoms with van der Waals surface area (Å²) < 4.78 is 1.61. The van der Waals surface area contributed by atoms with E-state index in [9.17, 15) is 14.7 Å². The van der Waals surface area contributed by atoms with Crippen LogP contribution < -0.4 is 5.32 Å². The van der Waals surface area contributed by atoms with Crippen LogP contribution >= 0.6 is 0 Å². The van der Waals surface area contributed by atoms with Crippen LogP contribution in [0.1, 0.15) is 16.8 Å². The number of aromatic nitrogens is 2. The number of phenols is 1. The maximum Gasteiger partial charge on any atom is 0.337 e. The van der Waals surface area contributed by atoms with Crippen LogP contribution in [-0.2, 0) is 11.3 Å². The number of nitrogens with zero attached hydrogens (tertiary/aromatic N) is 2. The second-order valence-corrected chi connectivity index (χ2v) is 4.10. The molecule has 0 atom stereocenters. The van der Waals surface area contributed by atoms with E-state index >= 15 is 0 Å². The zero-order valence-corrected chi connectivity index (χ0v) is 10.5. The Labute approximate surface area is 114 Å². The molecule has 0 radical (unpaired) electrons. The number of carbonyl (C=O) groups is 2. The molecule has 3 N–H and O–H groups in total. The molecule has 2 aromatic rings. The van der Waals surface area contributed by atoms with Gasteiger partial charge >= 0.3 is 5.97 Å². The van der Waals surface area contributed by atoms with E-state index in [4.69, 9.17) is 5.11 Å². The first-order valence-electron chi connectivity index (χ1n) is 5.90. The van der Waals surface area contributed by atoms with Gasteiger partial charge in [-0.15, -0.1) is 0 Å². The molecular weight excluding hydrogens is 262 g/mol. The molecule has 0 spiro atoms. The smallest absolute Gasteiger partial charge is 0.337 e. The summed E-state index contributed by atoms with van der Waals surface area (Å²) in [5, 5.41) is 24.7. The Morgan fingerprint density at radius 2 is 2.15 bits per heavy atom. The van der Waals surface area contributed by atoms with E-state index in [2.05, 4.69) is 10.4 Å². The SMILES string of the molecule is O=C(CCn1cccn1)Nc1ccc(O)cc1C(=O)O. The highest BCUT2D eigenvalue weighted by molar-refractivity contribution is 6.00. The van der Waals surface area contributed by atoms with E-state index in [1.807, 2.05) is 0 Å². The van der Waals surface area contributed by atoms with E-state index < -0.39 is 5.97 Å². The predicted octanol–water partition coefficient (Wildman–Crippen LogP) is 1.32. The van der Waals surface area contributed by atoms with Crippen molar-refractivity contribution in [2.45, 2.75) is 13.0 Å². The summed E-state index contributed by atoms with van der Waals surface area (Å²) in [6.07, 6.45) is 3.51. The van der Waals surface area contributed by atoms with Gasteiger partial charge in [0.2, 0.25) is 5.91 Å². The summed E-state index contributed by atoms with van der Waals surface area (Å²) in [7, 11) is 0. The van der Waals surface area contributed by atoms with E-state index in [-0.39, 0.29) is 29.3 Å². The number of amides is 1. The number of carboxylic acids is 1. The average Bonchev–Trinajstić information content (AvgIpc) is 2.91. The number of carbonyl (C=O) groups excluding carboxylic acids is 1. The van der Waals surface area contributed by atoms with Gasteiger partial charge in [0, 0.05) is 25.4 Å². The van der Waals surface area contributed by atoms with Crippen molar-refractivity contribution < 1.29 is 19.8 Å². The Bertz CT molecular complexity index is 623. The van der Waals surface area contributed by atoms with E-state index in [0.717, 1.165) is 6.07 Å². The summed E-state index contributed by atoms with van der Waals surface area (Å²) in [6, 6.07) is 5.51. The van der Waals surface area contributed by atoms with Crippen molar-refractivity contribution in [2.24, 2.45) is 0 Å². The van der Waals surface area contributed by atoms with Gasteiger partial charge < -0.3 is 15.5 Å². The summed E-state index contributed by atoms with van der Waals surface area (Å²) in [5.74, 6) is -1.71. The fourth-order valence-corrected chi connectivity index (χ4v) is 1.68. The molecule has 1 amide bonds. The van der Waals surface area contributed by atoms with Gasteiger partial charge in [-0.25, -0.2) is 4.79 Å². The number of hydrogen-bond donors (Lipinski definition) is 3. The zero-order valence-electron chi connectivity index (χ0n) is 10.5. The maximum atomic E-state index is 11.8.